The van der Waals surface area contributed by atoms with Crippen LogP contribution in [-0.2, 0) is 0 Å². The van der Waals surface area contributed by atoms with Crippen LogP contribution < -0.4 is 4.90 Å². The fourth-order valence-corrected chi connectivity index (χ4v) is 1.70. The van der Waals surface area contributed by atoms with Crippen molar-refractivity contribution in [2.45, 2.75) is 19.4 Å². The van der Waals surface area contributed by atoms with Gasteiger partial charge < -0.3 is 10.0 Å². The zero-order valence-corrected chi connectivity index (χ0v) is 12.5. The van der Waals surface area contributed by atoms with Gasteiger partial charge >= 0.3 is 0 Å². The first-order valence-corrected chi connectivity index (χ1v) is 6.45. The van der Waals surface area contributed by atoms with Crippen molar-refractivity contribution < 1.29 is 9.90 Å². The van der Waals surface area contributed by atoms with Crippen LogP contribution in [0.5, 0.6) is 0 Å². The molecule has 0 saturated carbocycles. The summed E-state index contributed by atoms with van der Waals surface area (Å²) in [4.78, 5) is 16.3. The maximum atomic E-state index is 12.4. The fraction of sp³-hybridized carbons (Fsp3) is 0.533. The van der Waals surface area contributed by atoms with E-state index in [0.29, 0.717) is 12.1 Å². The molecule has 0 bridgehead atoms. The van der Waals surface area contributed by atoms with E-state index in [4.69, 9.17) is 5.11 Å². The lowest BCUT2D eigenvalue weighted by atomic mass is 9.92. The van der Waals surface area contributed by atoms with Crippen molar-refractivity contribution in [3.8, 4) is 0 Å². The van der Waals surface area contributed by atoms with Crippen molar-refractivity contribution in [1.29, 1.82) is 0 Å². The van der Waals surface area contributed by atoms with Gasteiger partial charge in [0.05, 0.1) is 12.1 Å². The summed E-state index contributed by atoms with van der Waals surface area (Å²) >= 11 is 0. The van der Waals surface area contributed by atoms with Crippen LogP contribution in [0.15, 0.2) is 24.3 Å². The van der Waals surface area contributed by atoms with Gasteiger partial charge in [0.15, 0.2) is 5.78 Å². The second kappa shape index (κ2) is 6.17. The third kappa shape index (κ3) is 3.55. The standard InChI is InChI=1S/C15H24N2O2/c1-15(2,16(3)4)14(19)12-6-8-13(9-7-12)17(5)10-11-18/h6-9,18H,10-11H2,1-5H3. The Morgan fingerprint density at radius 3 is 2.11 bits per heavy atom. The number of hydrogen-bond donors (Lipinski definition) is 1. The van der Waals surface area contributed by atoms with Crippen LogP contribution in [0.1, 0.15) is 24.2 Å². The summed E-state index contributed by atoms with van der Waals surface area (Å²) in [5.74, 6) is 0.105. The number of nitrogens with zero attached hydrogens (tertiary/aromatic N) is 2. The Balaban J connectivity index is 2.90. The molecule has 0 heterocycles. The number of ketones is 1. The number of anilines is 1. The Morgan fingerprint density at radius 2 is 1.68 bits per heavy atom. The number of aliphatic hydroxyl groups is 1. The van der Waals surface area contributed by atoms with E-state index in [2.05, 4.69) is 0 Å². The summed E-state index contributed by atoms with van der Waals surface area (Å²) in [5.41, 5.74) is 1.19. The molecule has 0 amide bonds. The van der Waals surface area contributed by atoms with Gasteiger partial charge in [0.25, 0.3) is 0 Å². The van der Waals surface area contributed by atoms with Crippen molar-refractivity contribution >= 4 is 11.5 Å². The molecule has 0 radical (unpaired) electrons. The monoisotopic (exact) mass is 264 g/mol. The largest absolute Gasteiger partial charge is 0.395 e. The van der Waals surface area contributed by atoms with Crippen LogP contribution in [0.25, 0.3) is 0 Å². The van der Waals surface area contributed by atoms with Crippen LogP contribution >= 0.6 is 0 Å². The summed E-state index contributed by atoms with van der Waals surface area (Å²) in [5, 5.41) is 8.91. The maximum absolute atomic E-state index is 12.4. The third-order valence-corrected chi connectivity index (χ3v) is 3.68. The third-order valence-electron chi connectivity index (χ3n) is 3.68. The number of Topliss-reactive ketones (excluding diaryl/α,β-unsaturated/α-hetero) is 1. The van der Waals surface area contributed by atoms with Gasteiger partial charge in [0, 0.05) is 24.8 Å². The lowest BCUT2D eigenvalue weighted by Gasteiger charge is -2.31. The molecular weight excluding hydrogens is 240 g/mol. The molecule has 0 atom stereocenters. The quantitative estimate of drug-likeness (QED) is 0.793. The molecule has 0 aromatic heterocycles. The second-order valence-electron chi connectivity index (χ2n) is 5.47. The van der Waals surface area contributed by atoms with Crippen LogP contribution in [0.2, 0.25) is 0 Å². The highest BCUT2D eigenvalue weighted by atomic mass is 16.3. The smallest absolute Gasteiger partial charge is 0.182 e. The van der Waals surface area contributed by atoms with Gasteiger partial charge in [-0.15, -0.1) is 0 Å². The Morgan fingerprint density at radius 1 is 1.16 bits per heavy atom. The molecule has 0 unspecified atom stereocenters. The van der Waals surface area contributed by atoms with E-state index in [-0.39, 0.29) is 12.4 Å². The minimum Gasteiger partial charge on any atom is -0.395 e. The van der Waals surface area contributed by atoms with Gasteiger partial charge in [-0.2, -0.15) is 0 Å². The average molecular weight is 264 g/mol. The Hall–Kier alpha value is -1.39. The highest BCUT2D eigenvalue weighted by Gasteiger charge is 2.30. The first-order valence-electron chi connectivity index (χ1n) is 6.45. The van der Waals surface area contributed by atoms with E-state index in [1.165, 1.54) is 0 Å². The number of hydrogen-bond acceptors (Lipinski definition) is 4. The van der Waals surface area contributed by atoms with Crippen molar-refractivity contribution in [3.05, 3.63) is 29.8 Å². The topological polar surface area (TPSA) is 43.8 Å². The zero-order valence-electron chi connectivity index (χ0n) is 12.5. The van der Waals surface area contributed by atoms with E-state index in [0.717, 1.165) is 5.69 Å². The number of benzene rings is 1. The molecule has 0 aliphatic carbocycles. The van der Waals surface area contributed by atoms with E-state index in [9.17, 15) is 4.79 Å². The average Bonchev–Trinajstić information content (AvgIpc) is 2.38. The van der Waals surface area contributed by atoms with Gasteiger partial charge in [-0.1, -0.05) is 0 Å². The van der Waals surface area contributed by atoms with Crippen molar-refractivity contribution in [1.82, 2.24) is 4.90 Å². The fourth-order valence-electron chi connectivity index (χ4n) is 1.70. The molecule has 106 valence electrons. The molecule has 4 nitrogen and oxygen atoms in total. The molecule has 0 aliphatic heterocycles. The molecule has 4 heteroatoms. The van der Waals surface area contributed by atoms with Crippen molar-refractivity contribution in [2.24, 2.45) is 0 Å². The number of likely N-dealkylation sites (N-methyl/N-ethyl adjacent to an activating group) is 2. The minimum atomic E-state index is -0.515. The van der Waals surface area contributed by atoms with Gasteiger partial charge in [0.1, 0.15) is 0 Å². The Kier molecular flexibility index (Phi) is 5.09. The lowest BCUT2D eigenvalue weighted by molar-refractivity contribution is 0.0755. The van der Waals surface area contributed by atoms with Crippen molar-refractivity contribution in [3.63, 3.8) is 0 Å². The first-order chi connectivity index (χ1) is 8.80. The second-order valence-corrected chi connectivity index (χ2v) is 5.47. The number of carbonyl (C=O) groups is 1. The predicted molar refractivity (Wildman–Crippen MR) is 78.9 cm³/mol. The summed E-state index contributed by atoms with van der Waals surface area (Å²) in [6, 6.07) is 7.51. The molecule has 19 heavy (non-hydrogen) atoms. The highest BCUT2D eigenvalue weighted by molar-refractivity contribution is 6.02. The van der Waals surface area contributed by atoms with Crippen LogP contribution in [0.4, 0.5) is 5.69 Å². The summed E-state index contributed by atoms with van der Waals surface area (Å²) < 4.78 is 0. The highest BCUT2D eigenvalue weighted by Crippen LogP contribution is 2.20. The molecule has 0 aliphatic rings. The molecular formula is C15H24N2O2. The van der Waals surface area contributed by atoms with Gasteiger partial charge in [-0.05, 0) is 52.2 Å². The molecule has 1 N–H and O–H groups in total. The van der Waals surface area contributed by atoms with Crippen molar-refractivity contribution in [2.75, 3.05) is 39.2 Å². The predicted octanol–water partition coefficient (Wildman–Crippen LogP) is 1.64. The Bertz CT molecular complexity index is 424. The molecule has 0 fully saturated rings. The molecule has 1 aromatic rings. The number of carbonyl (C=O) groups excluding carboxylic acids is 1. The van der Waals surface area contributed by atoms with E-state index in [1.54, 1.807) is 0 Å². The zero-order chi connectivity index (χ0) is 14.6. The van der Waals surface area contributed by atoms with E-state index in [1.807, 2.05) is 69.1 Å². The minimum absolute atomic E-state index is 0.105. The van der Waals surface area contributed by atoms with Crippen LogP contribution in [0.3, 0.4) is 0 Å². The molecule has 1 rings (SSSR count). The van der Waals surface area contributed by atoms with E-state index >= 15 is 0 Å². The summed E-state index contributed by atoms with van der Waals surface area (Å²) in [7, 11) is 5.72. The van der Waals surface area contributed by atoms with Gasteiger partial charge in [0.2, 0.25) is 0 Å². The molecule has 0 spiro atoms. The first kappa shape index (κ1) is 15.7. The number of rotatable bonds is 6. The van der Waals surface area contributed by atoms with Gasteiger partial charge in [-0.3, -0.25) is 9.69 Å². The maximum Gasteiger partial charge on any atom is 0.182 e. The summed E-state index contributed by atoms with van der Waals surface area (Å²) in [6.07, 6.45) is 0. The van der Waals surface area contributed by atoms with Crippen LogP contribution in [0, 0.1) is 0 Å². The van der Waals surface area contributed by atoms with Crippen LogP contribution in [-0.4, -0.2) is 55.6 Å². The molecule has 0 saturated heterocycles. The molecule has 1 aromatic carbocycles. The number of aliphatic hydroxyl groups excluding tert-OH is 1. The van der Waals surface area contributed by atoms with Gasteiger partial charge in [-0.25, -0.2) is 0 Å². The van der Waals surface area contributed by atoms with E-state index < -0.39 is 5.54 Å². The normalized spacial score (nSPS) is 11.7. The lowest BCUT2D eigenvalue weighted by Crippen LogP contribution is -2.45. The summed E-state index contributed by atoms with van der Waals surface area (Å²) in [6.45, 7) is 4.53. The SMILES string of the molecule is CN(CCO)c1ccc(C(=O)C(C)(C)N(C)C)cc1. The Labute approximate surface area is 115 Å².